The Hall–Kier alpha value is -2.26. The Balaban J connectivity index is 2.31. The van der Waals surface area contributed by atoms with Crippen LogP contribution in [0.3, 0.4) is 0 Å². The van der Waals surface area contributed by atoms with Gasteiger partial charge in [0.25, 0.3) is 15.2 Å². The van der Waals surface area contributed by atoms with Gasteiger partial charge in [-0.3, -0.25) is 9.67 Å². The molecule has 3 N–H and O–H groups in total. The summed E-state index contributed by atoms with van der Waals surface area (Å²) in [5.74, 6) is 0.367. The van der Waals surface area contributed by atoms with Crippen molar-refractivity contribution in [2.75, 3.05) is 0 Å². The van der Waals surface area contributed by atoms with Crippen molar-refractivity contribution < 1.29 is 8.42 Å². The summed E-state index contributed by atoms with van der Waals surface area (Å²) in [4.78, 5) is 0. The molecule has 1 aromatic carbocycles. The number of nitrogens with one attached hydrogen (secondary N) is 1. The lowest BCUT2D eigenvalue weighted by molar-refractivity contribution is 0.524. The summed E-state index contributed by atoms with van der Waals surface area (Å²) >= 11 is 0. The molecule has 0 saturated heterocycles. The minimum Gasteiger partial charge on any atom is -0.293 e. The number of nitrogens with two attached hydrogens (primary N) is 1. The molecule has 0 bridgehead atoms. The van der Waals surface area contributed by atoms with Crippen LogP contribution in [0.25, 0.3) is 22.4 Å². The van der Waals surface area contributed by atoms with E-state index in [4.69, 9.17) is 5.14 Å². The van der Waals surface area contributed by atoms with E-state index in [1.165, 1.54) is 4.57 Å². The number of nitrogens with zero attached hydrogens (tertiary/aromatic N) is 4. The first kappa shape index (κ1) is 13.7. The van der Waals surface area contributed by atoms with Gasteiger partial charge in [0.05, 0.1) is 5.52 Å². The molecule has 21 heavy (non-hydrogen) atoms. The van der Waals surface area contributed by atoms with Crippen molar-refractivity contribution in [2.45, 2.75) is 25.0 Å². The lowest BCUT2D eigenvalue weighted by atomic mass is 10.2. The Morgan fingerprint density at radius 1 is 1.24 bits per heavy atom. The quantitative estimate of drug-likeness (QED) is 0.749. The van der Waals surface area contributed by atoms with Gasteiger partial charge in [-0.15, -0.1) is 10.2 Å². The van der Waals surface area contributed by atoms with Gasteiger partial charge in [-0.25, -0.2) is 13.6 Å². The maximum absolute atomic E-state index is 11.6. The van der Waals surface area contributed by atoms with E-state index >= 15 is 0 Å². The molecular formula is C12H14N6O2S. The molecule has 3 rings (SSSR count). The molecule has 0 amide bonds. The molecule has 2 heterocycles. The lowest BCUT2D eigenvalue weighted by Gasteiger charge is -2.11. The molecule has 0 atom stereocenters. The number of fused-ring (bicyclic) bond motifs is 1. The van der Waals surface area contributed by atoms with Crippen molar-refractivity contribution in [1.82, 2.24) is 25.0 Å². The Bertz CT molecular complexity index is 909. The normalized spacial score (nSPS) is 12.4. The van der Waals surface area contributed by atoms with E-state index in [2.05, 4.69) is 20.4 Å². The van der Waals surface area contributed by atoms with Crippen LogP contribution in [0.4, 0.5) is 0 Å². The zero-order valence-corrected chi connectivity index (χ0v) is 12.3. The number of aromatic amines is 1. The highest BCUT2D eigenvalue weighted by molar-refractivity contribution is 7.89. The average molecular weight is 306 g/mol. The highest BCUT2D eigenvalue weighted by Gasteiger charge is 2.25. The SMILES string of the molecule is CC(C)n1c(-c2n[nH]c3ccccc23)nnc1S(N)(=O)=O. The Labute approximate surface area is 121 Å². The van der Waals surface area contributed by atoms with E-state index in [0.29, 0.717) is 11.5 Å². The van der Waals surface area contributed by atoms with Gasteiger partial charge < -0.3 is 0 Å². The van der Waals surface area contributed by atoms with Crippen LogP contribution in [0, 0.1) is 0 Å². The number of aromatic nitrogens is 5. The summed E-state index contributed by atoms with van der Waals surface area (Å²) in [7, 11) is -3.95. The lowest BCUT2D eigenvalue weighted by Crippen LogP contribution is -2.20. The fraction of sp³-hybridized carbons (Fsp3) is 0.250. The molecule has 0 aliphatic carbocycles. The van der Waals surface area contributed by atoms with E-state index in [1.54, 1.807) is 0 Å². The van der Waals surface area contributed by atoms with Crippen molar-refractivity contribution in [1.29, 1.82) is 0 Å². The first-order valence-corrected chi connectivity index (χ1v) is 7.85. The molecule has 0 fully saturated rings. The summed E-state index contributed by atoms with van der Waals surface area (Å²) in [6.45, 7) is 3.66. The van der Waals surface area contributed by atoms with Crippen LogP contribution >= 0.6 is 0 Å². The fourth-order valence-corrected chi connectivity index (χ4v) is 2.96. The van der Waals surface area contributed by atoms with Crippen LogP contribution in [0.5, 0.6) is 0 Å². The number of primary sulfonamides is 1. The van der Waals surface area contributed by atoms with Crippen LogP contribution in [0.2, 0.25) is 0 Å². The minimum atomic E-state index is -3.95. The number of benzene rings is 1. The Kier molecular flexibility index (Phi) is 3.03. The van der Waals surface area contributed by atoms with E-state index in [1.807, 2.05) is 38.1 Å². The van der Waals surface area contributed by atoms with Crippen molar-refractivity contribution in [3.63, 3.8) is 0 Å². The fourth-order valence-electron chi connectivity index (χ4n) is 2.23. The predicted molar refractivity (Wildman–Crippen MR) is 76.9 cm³/mol. The van der Waals surface area contributed by atoms with Crippen LogP contribution in [0.15, 0.2) is 29.4 Å². The molecule has 2 aromatic heterocycles. The second-order valence-electron chi connectivity index (χ2n) is 4.93. The average Bonchev–Trinajstić information content (AvgIpc) is 3.01. The summed E-state index contributed by atoms with van der Waals surface area (Å²) in [6.07, 6.45) is 0. The van der Waals surface area contributed by atoms with E-state index in [9.17, 15) is 8.42 Å². The summed E-state index contributed by atoms with van der Waals surface area (Å²) < 4.78 is 24.7. The molecule has 0 saturated carbocycles. The number of hydrogen-bond donors (Lipinski definition) is 2. The third kappa shape index (κ3) is 2.20. The van der Waals surface area contributed by atoms with Gasteiger partial charge in [0.2, 0.25) is 0 Å². The summed E-state index contributed by atoms with van der Waals surface area (Å²) in [5, 5.41) is 20.6. The molecule has 3 aromatic rings. The van der Waals surface area contributed by atoms with Gasteiger partial charge in [-0.05, 0) is 19.9 Å². The standard InChI is InChI=1S/C12H14N6O2S/c1-7(2)18-11(16-17-12(18)21(13,19)20)10-8-5-3-4-6-9(8)14-15-10/h3-7H,1-2H3,(H,14,15)(H2,13,19,20). The van der Waals surface area contributed by atoms with Crippen LogP contribution in [-0.4, -0.2) is 33.4 Å². The molecular weight excluding hydrogens is 292 g/mol. The maximum atomic E-state index is 11.6. The predicted octanol–water partition coefficient (Wildman–Crippen LogP) is 1.05. The third-order valence-electron chi connectivity index (χ3n) is 3.12. The zero-order valence-electron chi connectivity index (χ0n) is 11.5. The first-order valence-electron chi connectivity index (χ1n) is 6.31. The topological polar surface area (TPSA) is 120 Å². The molecule has 0 aliphatic heterocycles. The molecule has 0 radical (unpaired) electrons. The van der Waals surface area contributed by atoms with Crippen LogP contribution in [-0.2, 0) is 10.0 Å². The molecule has 8 nitrogen and oxygen atoms in total. The highest BCUT2D eigenvalue weighted by Crippen LogP contribution is 2.28. The van der Waals surface area contributed by atoms with Crippen molar-refractivity contribution in [3.8, 4) is 11.5 Å². The number of sulfonamides is 1. The van der Waals surface area contributed by atoms with E-state index in [-0.39, 0.29) is 11.2 Å². The van der Waals surface area contributed by atoms with Crippen molar-refractivity contribution in [2.24, 2.45) is 5.14 Å². The van der Waals surface area contributed by atoms with Gasteiger partial charge >= 0.3 is 0 Å². The second-order valence-corrected chi connectivity index (χ2v) is 6.39. The highest BCUT2D eigenvalue weighted by atomic mass is 32.2. The Morgan fingerprint density at radius 2 is 1.95 bits per heavy atom. The van der Waals surface area contributed by atoms with Crippen molar-refractivity contribution in [3.05, 3.63) is 24.3 Å². The third-order valence-corrected chi connectivity index (χ3v) is 3.90. The Morgan fingerprint density at radius 3 is 2.62 bits per heavy atom. The molecule has 110 valence electrons. The zero-order chi connectivity index (χ0) is 15.2. The number of hydrogen-bond acceptors (Lipinski definition) is 5. The number of rotatable bonds is 3. The van der Waals surface area contributed by atoms with Gasteiger partial charge in [0, 0.05) is 11.4 Å². The van der Waals surface area contributed by atoms with Crippen LogP contribution < -0.4 is 5.14 Å². The van der Waals surface area contributed by atoms with Gasteiger partial charge in [-0.2, -0.15) is 5.10 Å². The molecule has 0 unspecified atom stereocenters. The summed E-state index contributed by atoms with van der Waals surface area (Å²) in [6, 6.07) is 7.33. The largest absolute Gasteiger partial charge is 0.293 e. The minimum absolute atomic E-state index is 0.182. The molecule has 0 aliphatic rings. The van der Waals surface area contributed by atoms with E-state index in [0.717, 1.165) is 10.9 Å². The van der Waals surface area contributed by atoms with Crippen LogP contribution in [0.1, 0.15) is 19.9 Å². The second kappa shape index (κ2) is 4.64. The summed E-state index contributed by atoms with van der Waals surface area (Å²) in [5.41, 5.74) is 1.38. The van der Waals surface area contributed by atoms with Gasteiger partial charge in [0.1, 0.15) is 5.69 Å². The van der Waals surface area contributed by atoms with Gasteiger partial charge in [-0.1, -0.05) is 18.2 Å². The van der Waals surface area contributed by atoms with Crippen molar-refractivity contribution >= 4 is 20.9 Å². The van der Waals surface area contributed by atoms with Gasteiger partial charge in [0.15, 0.2) is 5.82 Å². The number of H-pyrrole nitrogens is 1. The first-order chi connectivity index (χ1) is 9.89. The number of para-hydroxylation sites is 1. The molecule has 9 heteroatoms. The molecule has 0 spiro atoms. The maximum Gasteiger partial charge on any atom is 0.273 e. The van der Waals surface area contributed by atoms with E-state index < -0.39 is 10.0 Å². The monoisotopic (exact) mass is 306 g/mol. The smallest absolute Gasteiger partial charge is 0.273 e.